The Morgan fingerprint density at radius 3 is 2.02 bits per heavy atom. The van der Waals surface area contributed by atoms with E-state index in [1.54, 1.807) is 30.3 Å². The second-order valence-corrected chi connectivity index (χ2v) is 12.3. The van der Waals surface area contributed by atoms with Gasteiger partial charge in [0.15, 0.2) is 0 Å². The van der Waals surface area contributed by atoms with E-state index >= 15 is 0 Å². The van der Waals surface area contributed by atoms with Crippen molar-refractivity contribution in [3.8, 4) is 0 Å². The van der Waals surface area contributed by atoms with Crippen LogP contribution in [0.15, 0.2) is 89.8 Å². The zero-order valence-corrected chi connectivity index (χ0v) is 23.4. The van der Waals surface area contributed by atoms with Gasteiger partial charge in [-0.05, 0) is 54.8 Å². The molecule has 1 saturated heterocycles. The third-order valence-corrected chi connectivity index (χ3v) is 9.38. The van der Waals surface area contributed by atoms with Crippen molar-refractivity contribution in [2.45, 2.75) is 55.1 Å². The zero-order valence-electron chi connectivity index (χ0n) is 22.6. The normalized spacial score (nSPS) is 18.7. The molecule has 1 heterocycles. The number of carbonyl (C=O) groups excluding carboxylic acids is 1. The summed E-state index contributed by atoms with van der Waals surface area (Å²) >= 11 is 0. The summed E-state index contributed by atoms with van der Waals surface area (Å²) in [6.07, 6.45) is 5.06. The summed E-state index contributed by atoms with van der Waals surface area (Å²) in [6, 6.07) is 22.8. The molecule has 2 aliphatic rings. The van der Waals surface area contributed by atoms with Crippen LogP contribution in [0.4, 0.5) is 10.1 Å². The summed E-state index contributed by atoms with van der Waals surface area (Å²) in [5.41, 5.74) is 1.81. The Kier molecular flexibility index (Phi) is 9.14. The van der Waals surface area contributed by atoms with Crippen LogP contribution in [-0.2, 0) is 14.8 Å². The maximum Gasteiger partial charge on any atom is 0.241 e. The van der Waals surface area contributed by atoms with Crippen molar-refractivity contribution in [3.63, 3.8) is 0 Å². The lowest BCUT2D eigenvalue weighted by Gasteiger charge is -2.43. The van der Waals surface area contributed by atoms with Gasteiger partial charge in [0.1, 0.15) is 11.9 Å². The molecular weight excluding hydrogens is 527 g/mol. The predicted molar refractivity (Wildman–Crippen MR) is 155 cm³/mol. The van der Waals surface area contributed by atoms with Gasteiger partial charge in [0.25, 0.3) is 0 Å². The maximum atomic E-state index is 14.0. The van der Waals surface area contributed by atoms with Gasteiger partial charge in [0, 0.05) is 37.9 Å². The first-order valence-corrected chi connectivity index (χ1v) is 15.6. The fourth-order valence-electron chi connectivity index (χ4n) is 5.81. The second kappa shape index (κ2) is 12.9. The lowest BCUT2D eigenvalue weighted by Crippen LogP contribution is -2.58. The molecule has 0 bridgehead atoms. The third-order valence-electron chi connectivity index (χ3n) is 7.93. The van der Waals surface area contributed by atoms with Crippen molar-refractivity contribution in [2.24, 2.45) is 0 Å². The standard InChI is InChI=1S/C31H37FN4O3S/c32-25-16-18-27(19-17-25)35-20-22-36(23-21-35)30(24-10-4-1-5-11-24)29(31(37)33-26-12-6-2-7-13-26)34-40(38,39)28-14-8-3-9-15-28/h1,3-5,8-11,14-19,26,29-30,34H,2,6-7,12-13,20-23H2,(H,33,37)/t29-,30-/m1/s1. The molecule has 5 rings (SSSR count). The monoisotopic (exact) mass is 564 g/mol. The SMILES string of the molecule is O=C(NC1CCCCC1)[C@H](NS(=O)(=O)c1ccccc1)[C@@H](c1ccccc1)N1CCN(c2ccc(F)cc2)CC1. The summed E-state index contributed by atoms with van der Waals surface area (Å²) in [7, 11) is -3.98. The first kappa shape index (κ1) is 28.3. The van der Waals surface area contributed by atoms with E-state index < -0.39 is 22.1 Å². The van der Waals surface area contributed by atoms with E-state index in [0.29, 0.717) is 26.2 Å². The molecule has 3 aromatic rings. The fraction of sp³-hybridized carbons (Fsp3) is 0.387. The first-order chi connectivity index (χ1) is 19.4. The van der Waals surface area contributed by atoms with Crippen LogP contribution in [0.5, 0.6) is 0 Å². The van der Waals surface area contributed by atoms with Crippen molar-refractivity contribution in [3.05, 3.63) is 96.3 Å². The molecule has 0 aromatic heterocycles. The Morgan fingerprint density at radius 2 is 1.40 bits per heavy atom. The number of anilines is 1. The molecule has 7 nitrogen and oxygen atoms in total. The Morgan fingerprint density at radius 1 is 0.800 bits per heavy atom. The number of sulfonamides is 1. The fourth-order valence-corrected chi connectivity index (χ4v) is 7.03. The number of rotatable bonds is 9. The number of nitrogens with zero attached hydrogens (tertiary/aromatic N) is 2. The van der Waals surface area contributed by atoms with E-state index in [1.807, 2.05) is 30.3 Å². The van der Waals surface area contributed by atoms with E-state index in [0.717, 1.165) is 43.4 Å². The van der Waals surface area contributed by atoms with E-state index in [1.165, 1.54) is 24.3 Å². The highest BCUT2D eigenvalue weighted by Crippen LogP contribution is 2.29. The summed E-state index contributed by atoms with van der Waals surface area (Å²) in [6.45, 7) is 2.54. The smallest absolute Gasteiger partial charge is 0.241 e. The quantitative estimate of drug-likeness (QED) is 0.401. The number of hydrogen-bond acceptors (Lipinski definition) is 5. The van der Waals surface area contributed by atoms with E-state index in [-0.39, 0.29) is 22.7 Å². The Labute approximate surface area is 236 Å². The van der Waals surface area contributed by atoms with Crippen LogP contribution in [0, 0.1) is 5.82 Å². The van der Waals surface area contributed by atoms with E-state index in [4.69, 9.17) is 0 Å². The number of hydrogen-bond donors (Lipinski definition) is 2. The van der Waals surface area contributed by atoms with Gasteiger partial charge in [-0.3, -0.25) is 9.69 Å². The number of halogens is 1. The van der Waals surface area contributed by atoms with Gasteiger partial charge in [-0.25, -0.2) is 12.8 Å². The largest absolute Gasteiger partial charge is 0.369 e. The summed E-state index contributed by atoms with van der Waals surface area (Å²) in [4.78, 5) is 18.5. The molecule has 3 aromatic carbocycles. The molecule has 1 aliphatic heterocycles. The first-order valence-electron chi connectivity index (χ1n) is 14.1. The number of amides is 1. The molecule has 9 heteroatoms. The number of carbonyl (C=O) groups is 1. The van der Waals surface area contributed by atoms with Gasteiger partial charge in [-0.1, -0.05) is 67.8 Å². The summed E-state index contributed by atoms with van der Waals surface area (Å²) < 4.78 is 43.4. The van der Waals surface area contributed by atoms with Crippen LogP contribution in [-0.4, -0.2) is 57.5 Å². The van der Waals surface area contributed by atoms with Gasteiger partial charge >= 0.3 is 0 Å². The lowest BCUT2D eigenvalue weighted by atomic mass is 9.93. The molecule has 1 aliphatic carbocycles. The van der Waals surface area contributed by atoms with Crippen LogP contribution in [0.3, 0.4) is 0 Å². The van der Waals surface area contributed by atoms with Crippen molar-refractivity contribution in [1.29, 1.82) is 0 Å². The van der Waals surface area contributed by atoms with Crippen molar-refractivity contribution < 1.29 is 17.6 Å². The molecule has 212 valence electrons. The third kappa shape index (κ3) is 6.89. The average molecular weight is 565 g/mol. The molecule has 0 radical (unpaired) electrons. The highest BCUT2D eigenvalue weighted by Gasteiger charge is 2.39. The minimum Gasteiger partial charge on any atom is -0.369 e. The van der Waals surface area contributed by atoms with E-state index in [9.17, 15) is 17.6 Å². The Balaban J connectivity index is 1.45. The minimum atomic E-state index is -3.98. The molecule has 1 amide bonds. The number of piperazine rings is 1. The topological polar surface area (TPSA) is 81.8 Å². The van der Waals surface area contributed by atoms with Crippen LogP contribution >= 0.6 is 0 Å². The zero-order chi connectivity index (χ0) is 28.0. The Hall–Kier alpha value is -3.27. The highest BCUT2D eigenvalue weighted by molar-refractivity contribution is 7.89. The van der Waals surface area contributed by atoms with Gasteiger partial charge in [0.05, 0.1) is 10.9 Å². The van der Waals surface area contributed by atoms with Crippen LogP contribution in [0.25, 0.3) is 0 Å². The molecule has 2 fully saturated rings. The van der Waals surface area contributed by atoms with Crippen LogP contribution in [0.1, 0.15) is 43.7 Å². The van der Waals surface area contributed by atoms with Gasteiger partial charge < -0.3 is 10.2 Å². The summed E-state index contributed by atoms with van der Waals surface area (Å²) in [5.74, 6) is -0.578. The number of benzene rings is 3. The van der Waals surface area contributed by atoms with Gasteiger partial charge in [-0.15, -0.1) is 0 Å². The van der Waals surface area contributed by atoms with Gasteiger partial charge in [0.2, 0.25) is 15.9 Å². The predicted octanol–water partition coefficient (Wildman–Crippen LogP) is 4.49. The molecule has 0 unspecified atom stereocenters. The van der Waals surface area contributed by atoms with Gasteiger partial charge in [-0.2, -0.15) is 4.72 Å². The van der Waals surface area contributed by atoms with E-state index in [2.05, 4.69) is 19.8 Å². The molecular formula is C31H37FN4O3S. The van der Waals surface area contributed by atoms with Crippen LogP contribution < -0.4 is 14.9 Å². The van der Waals surface area contributed by atoms with Crippen LogP contribution in [0.2, 0.25) is 0 Å². The molecule has 40 heavy (non-hydrogen) atoms. The number of nitrogens with one attached hydrogen (secondary N) is 2. The Bertz CT molecular complexity index is 1340. The highest BCUT2D eigenvalue weighted by atomic mass is 32.2. The average Bonchev–Trinajstić information content (AvgIpc) is 2.99. The van der Waals surface area contributed by atoms with Crippen molar-refractivity contribution in [2.75, 3.05) is 31.1 Å². The van der Waals surface area contributed by atoms with Crippen molar-refractivity contribution in [1.82, 2.24) is 14.9 Å². The molecule has 2 atom stereocenters. The van der Waals surface area contributed by atoms with Crippen molar-refractivity contribution >= 4 is 21.6 Å². The molecule has 1 saturated carbocycles. The molecule has 2 N–H and O–H groups in total. The summed E-state index contributed by atoms with van der Waals surface area (Å²) in [5, 5.41) is 3.18. The minimum absolute atomic E-state index is 0.0386. The molecule has 0 spiro atoms. The maximum absolute atomic E-state index is 14.0. The lowest BCUT2D eigenvalue weighted by molar-refractivity contribution is -0.125. The second-order valence-electron chi connectivity index (χ2n) is 10.6.